The van der Waals surface area contributed by atoms with Gasteiger partial charge in [-0.15, -0.1) is 0 Å². The predicted molar refractivity (Wildman–Crippen MR) is 90.4 cm³/mol. The summed E-state index contributed by atoms with van der Waals surface area (Å²) in [5, 5.41) is 3.47. The number of hydrogen-bond acceptors (Lipinski definition) is 1. The first-order valence-corrected chi connectivity index (χ1v) is 8.12. The van der Waals surface area contributed by atoms with Gasteiger partial charge in [0.2, 0.25) is 0 Å². The summed E-state index contributed by atoms with van der Waals surface area (Å²) in [6.07, 6.45) is 0.725. The first kappa shape index (κ1) is 16.5. The zero-order valence-corrected chi connectivity index (χ0v) is 14.4. The lowest BCUT2D eigenvalue weighted by Gasteiger charge is -2.20. The van der Waals surface area contributed by atoms with E-state index >= 15 is 0 Å². The van der Waals surface area contributed by atoms with Gasteiger partial charge in [-0.1, -0.05) is 54.4 Å². The maximum Gasteiger partial charge on any atom is 0.147 e. The van der Waals surface area contributed by atoms with Crippen LogP contribution < -0.4 is 5.32 Å². The van der Waals surface area contributed by atoms with Crippen molar-refractivity contribution >= 4 is 27.5 Å². The largest absolute Gasteiger partial charge is 0.310 e. The van der Waals surface area contributed by atoms with Crippen LogP contribution in [0.4, 0.5) is 4.39 Å². The molecule has 2 aromatic rings. The van der Waals surface area contributed by atoms with Crippen molar-refractivity contribution in [2.45, 2.75) is 26.3 Å². The Balaban J connectivity index is 2.30. The summed E-state index contributed by atoms with van der Waals surface area (Å²) in [5.41, 5.74) is 2.99. The molecule has 0 heterocycles. The number of nitrogens with one attached hydrogen (secondary N) is 1. The van der Waals surface area contributed by atoms with Crippen LogP contribution in [0.1, 0.15) is 29.7 Å². The molecule has 112 valence electrons. The summed E-state index contributed by atoms with van der Waals surface area (Å²) < 4.78 is 15.0. The topological polar surface area (TPSA) is 12.0 Å². The van der Waals surface area contributed by atoms with Crippen molar-refractivity contribution in [3.63, 3.8) is 0 Å². The van der Waals surface area contributed by atoms with Gasteiger partial charge in [0.25, 0.3) is 0 Å². The van der Waals surface area contributed by atoms with Gasteiger partial charge in [0.1, 0.15) is 5.82 Å². The molecule has 2 aromatic carbocycles. The van der Waals surface area contributed by atoms with E-state index in [9.17, 15) is 4.39 Å². The van der Waals surface area contributed by atoms with Crippen molar-refractivity contribution in [3.8, 4) is 0 Å². The second-order valence-corrected chi connectivity index (χ2v) is 6.30. The number of aryl methyl sites for hydroxylation is 1. The van der Waals surface area contributed by atoms with Crippen LogP contribution in [0.25, 0.3) is 0 Å². The zero-order valence-electron chi connectivity index (χ0n) is 12.1. The molecule has 1 unspecified atom stereocenters. The van der Waals surface area contributed by atoms with Crippen LogP contribution in [0.3, 0.4) is 0 Å². The summed E-state index contributed by atoms with van der Waals surface area (Å²) in [6.45, 7) is 4.84. The molecule has 0 amide bonds. The number of halogens is 3. The Morgan fingerprint density at radius 2 is 1.86 bits per heavy atom. The van der Waals surface area contributed by atoms with Crippen LogP contribution in [0, 0.1) is 12.7 Å². The van der Waals surface area contributed by atoms with Crippen LogP contribution in [0.15, 0.2) is 40.9 Å². The van der Waals surface area contributed by atoms with Gasteiger partial charge < -0.3 is 5.32 Å². The van der Waals surface area contributed by atoms with Gasteiger partial charge in [-0.05, 0) is 47.4 Å². The summed E-state index contributed by atoms with van der Waals surface area (Å²) in [5.74, 6) is -0.357. The second kappa shape index (κ2) is 7.39. The molecular weight excluding hydrogens is 353 g/mol. The van der Waals surface area contributed by atoms with E-state index in [-0.39, 0.29) is 16.9 Å². The molecule has 0 fully saturated rings. The Hall–Kier alpha value is -0.900. The fourth-order valence-corrected chi connectivity index (χ4v) is 2.79. The molecule has 0 aliphatic rings. The third kappa shape index (κ3) is 4.06. The predicted octanol–water partition coefficient (Wildman–Crippen LogP) is 5.44. The highest BCUT2D eigenvalue weighted by atomic mass is 79.9. The third-order valence-electron chi connectivity index (χ3n) is 3.45. The number of likely N-dealkylation sites (N-methyl/N-ethyl adjacent to an activating group) is 1. The minimum Gasteiger partial charge on any atom is -0.310 e. The Labute approximate surface area is 138 Å². The maximum absolute atomic E-state index is 14.4. The monoisotopic (exact) mass is 369 g/mol. The normalized spacial score (nSPS) is 12.4. The molecule has 21 heavy (non-hydrogen) atoms. The lowest BCUT2D eigenvalue weighted by atomic mass is 9.97. The lowest BCUT2D eigenvalue weighted by Crippen LogP contribution is -2.24. The minimum absolute atomic E-state index is 0.0942. The fraction of sp³-hybridized carbons (Fsp3) is 0.294. The van der Waals surface area contributed by atoms with E-state index in [2.05, 4.69) is 52.4 Å². The number of benzene rings is 2. The molecule has 1 nitrogen and oxygen atoms in total. The minimum atomic E-state index is -0.357. The molecule has 0 saturated heterocycles. The van der Waals surface area contributed by atoms with E-state index in [4.69, 9.17) is 11.6 Å². The van der Waals surface area contributed by atoms with Crippen molar-refractivity contribution in [3.05, 3.63) is 68.4 Å². The van der Waals surface area contributed by atoms with E-state index in [1.54, 1.807) is 12.1 Å². The summed E-state index contributed by atoms with van der Waals surface area (Å²) >= 11 is 9.25. The Kier molecular flexibility index (Phi) is 5.80. The smallest absolute Gasteiger partial charge is 0.147 e. The molecule has 1 N–H and O–H groups in total. The first-order chi connectivity index (χ1) is 10.0. The fourth-order valence-electron chi connectivity index (χ4n) is 2.31. The summed E-state index contributed by atoms with van der Waals surface area (Å²) in [7, 11) is 0. The molecule has 0 aliphatic heterocycles. The number of hydrogen-bond donors (Lipinski definition) is 1. The lowest BCUT2D eigenvalue weighted by molar-refractivity contribution is 0.510. The first-order valence-electron chi connectivity index (χ1n) is 6.95. The Morgan fingerprint density at radius 3 is 2.48 bits per heavy atom. The van der Waals surface area contributed by atoms with Crippen molar-refractivity contribution in [2.24, 2.45) is 0 Å². The second-order valence-electron chi connectivity index (χ2n) is 5.06. The SMILES string of the molecule is CCNC(Cc1ccc(C)cc1)c1ccc(Br)c(Cl)c1F. The van der Waals surface area contributed by atoms with Crippen LogP contribution in [0.2, 0.25) is 5.02 Å². The van der Waals surface area contributed by atoms with E-state index < -0.39 is 0 Å². The average molecular weight is 371 g/mol. The average Bonchev–Trinajstić information content (AvgIpc) is 2.47. The van der Waals surface area contributed by atoms with Crippen molar-refractivity contribution in [2.75, 3.05) is 6.54 Å². The van der Waals surface area contributed by atoms with Crippen molar-refractivity contribution < 1.29 is 4.39 Å². The summed E-state index contributed by atoms with van der Waals surface area (Å²) in [6, 6.07) is 11.8. The van der Waals surface area contributed by atoms with Gasteiger partial charge in [0, 0.05) is 16.1 Å². The molecule has 0 spiro atoms. The molecule has 0 bridgehead atoms. The van der Waals surface area contributed by atoms with Crippen molar-refractivity contribution in [1.82, 2.24) is 5.32 Å². The molecule has 1 atom stereocenters. The molecular formula is C17H18BrClFN. The molecule has 4 heteroatoms. The van der Waals surface area contributed by atoms with Crippen LogP contribution in [-0.2, 0) is 6.42 Å². The molecule has 2 rings (SSSR count). The third-order valence-corrected chi connectivity index (χ3v) is 4.71. The highest BCUT2D eigenvalue weighted by Crippen LogP contribution is 2.31. The standard InChI is InChI=1S/C17H18BrClFN/c1-3-21-15(10-12-6-4-11(2)5-7-12)13-8-9-14(18)16(19)17(13)20/h4-9,15,21H,3,10H2,1-2H3. The van der Waals surface area contributed by atoms with E-state index in [0.29, 0.717) is 10.0 Å². The van der Waals surface area contributed by atoms with Crippen LogP contribution in [0.5, 0.6) is 0 Å². The Morgan fingerprint density at radius 1 is 1.19 bits per heavy atom. The van der Waals surface area contributed by atoms with Gasteiger partial charge in [-0.2, -0.15) is 0 Å². The molecule has 0 aromatic heterocycles. The van der Waals surface area contributed by atoms with Gasteiger partial charge in [-0.3, -0.25) is 0 Å². The van der Waals surface area contributed by atoms with Gasteiger partial charge >= 0.3 is 0 Å². The highest BCUT2D eigenvalue weighted by molar-refractivity contribution is 9.10. The molecule has 0 radical (unpaired) electrons. The zero-order chi connectivity index (χ0) is 15.4. The van der Waals surface area contributed by atoms with E-state index in [1.165, 1.54) is 11.1 Å². The number of rotatable bonds is 5. The quantitative estimate of drug-likeness (QED) is 0.691. The van der Waals surface area contributed by atoms with Gasteiger partial charge in [0.05, 0.1) is 5.02 Å². The summed E-state index contributed by atoms with van der Waals surface area (Å²) in [4.78, 5) is 0. The molecule has 0 aliphatic carbocycles. The van der Waals surface area contributed by atoms with Crippen LogP contribution >= 0.6 is 27.5 Å². The Bertz CT molecular complexity index is 613. The van der Waals surface area contributed by atoms with Crippen molar-refractivity contribution in [1.29, 1.82) is 0 Å². The van der Waals surface area contributed by atoms with E-state index in [0.717, 1.165) is 13.0 Å². The molecule has 0 saturated carbocycles. The highest BCUT2D eigenvalue weighted by Gasteiger charge is 2.18. The van der Waals surface area contributed by atoms with Gasteiger partial charge in [-0.25, -0.2) is 4.39 Å². The van der Waals surface area contributed by atoms with Crippen LogP contribution in [-0.4, -0.2) is 6.54 Å². The van der Waals surface area contributed by atoms with Gasteiger partial charge in [0.15, 0.2) is 0 Å². The van der Waals surface area contributed by atoms with E-state index in [1.807, 2.05) is 6.92 Å². The maximum atomic E-state index is 14.4.